The van der Waals surface area contributed by atoms with Gasteiger partial charge in [-0.05, 0) is 12.8 Å². The van der Waals surface area contributed by atoms with Gasteiger partial charge in [-0.2, -0.15) is 0 Å². The van der Waals surface area contributed by atoms with Crippen molar-refractivity contribution >= 4 is 11.8 Å². The SMILES string of the molecule is CCCCCCCCCCCCCCC/C=C/CN1C(=O)CCC1=O. The predicted molar refractivity (Wildman–Crippen MR) is 105 cm³/mol. The number of amides is 2. The third kappa shape index (κ3) is 11.2. The molecule has 1 fully saturated rings. The van der Waals surface area contributed by atoms with Gasteiger partial charge in [0.15, 0.2) is 0 Å². The minimum atomic E-state index is -0.0180. The van der Waals surface area contributed by atoms with E-state index in [0.29, 0.717) is 19.4 Å². The molecule has 2 amide bonds. The number of hydrogen-bond donors (Lipinski definition) is 0. The number of carbonyl (C=O) groups excluding carboxylic acids is 2. The maximum atomic E-state index is 11.4. The molecule has 0 aliphatic carbocycles. The lowest BCUT2D eigenvalue weighted by Gasteiger charge is -2.09. The van der Waals surface area contributed by atoms with Gasteiger partial charge >= 0.3 is 0 Å². The van der Waals surface area contributed by atoms with Crippen LogP contribution in [0, 0.1) is 0 Å². The van der Waals surface area contributed by atoms with Crippen molar-refractivity contribution in [2.24, 2.45) is 0 Å². The highest BCUT2D eigenvalue weighted by Crippen LogP contribution is 2.13. The minimum Gasteiger partial charge on any atom is -0.279 e. The number of rotatable bonds is 16. The first-order valence-corrected chi connectivity index (χ1v) is 10.7. The van der Waals surface area contributed by atoms with E-state index in [1.165, 1.54) is 88.4 Å². The van der Waals surface area contributed by atoms with Crippen LogP contribution in [0.2, 0.25) is 0 Å². The fraction of sp³-hybridized carbons (Fsp3) is 0.818. The average Bonchev–Trinajstić information content (AvgIpc) is 2.93. The Hall–Kier alpha value is -1.12. The molecule has 0 saturated carbocycles. The zero-order chi connectivity index (χ0) is 18.2. The second kappa shape index (κ2) is 15.2. The zero-order valence-corrected chi connectivity index (χ0v) is 16.4. The number of hydrogen-bond acceptors (Lipinski definition) is 2. The van der Waals surface area contributed by atoms with Crippen LogP contribution >= 0.6 is 0 Å². The lowest BCUT2D eigenvalue weighted by atomic mass is 10.0. The van der Waals surface area contributed by atoms with Crippen LogP contribution in [0.1, 0.15) is 110 Å². The Labute approximate surface area is 155 Å². The molecule has 3 nitrogen and oxygen atoms in total. The molecule has 1 aliphatic heterocycles. The number of carbonyl (C=O) groups is 2. The minimum absolute atomic E-state index is 0.0180. The smallest absolute Gasteiger partial charge is 0.229 e. The first-order valence-electron chi connectivity index (χ1n) is 10.7. The van der Waals surface area contributed by atoms with E-state index in [9.17, 15) is 9.59 Å². The number of imide groups is 1. The molecule has 0 aromatic carbocycles. The maximum Gasteiger partial charge on any atom is 0.229 e. The molecule has 1 rings (SSSR count). The van der Waals surface area contributed by atoms with Crippen LogP contribution in [0.4, 0.5) is 0 Å². The van der Waals surface area contributed by atoms with Crippen molar-refractivity contribution in [3.8, 4) is 0 Å². The van der Waals surface area contributed by atoms with Crippen LogP contribution in [0.25, 0.3) is 0 Å². The van der Waals surface area contributed by atoms with E-state index < -0.39 is 0 Å². The maximum absolute atomic E-state index is 11.4. The molecule has 0 unspecified atom stereocenters. The van der Waals surface area contributed by atoms with Gasteiger partial charge in [-0.1, -0.05) is 96.1 Å². The highest BCUT2D eigenvalue weighted by atomic mass is 16.2. The first-order chi connectivity index (χ1) is 12.3. The average molecular weight is 350 g/mol. The predicted octanol–water partition coefficient (Wildman–Crippen LogP) is 6.17. The van der Waals surface area contributed by atoms with E-state index in [0.717, 1.165) is 6.42 Å². The van der Waals surface area contributed by atoms with E-state index in [1.54, 1.807) is 0 Å². The largest absolute Gasteiger partial charge is 0.279 e. The summed E-state index contributed by atoms with van der Waals surface area (Å²) in [5.74, 6) is -0.0359. The van der Waals surface area contributed by atoms with E-state index in [-0.39, 0.29) is 11.8 Å². The highest BCUT2D eigenvalue weighted by Gasteiger charge is 2.27. The molecule has 1 aliphatic rings. The van der Waals surface area contributed by atoms with E-state index in [2.05, 4.69) is 13.0 Å². The Kier molecular flexibility index (Phi) is 13.3. The molecule has 0 aromatic heterocycles. The summed E-state index contributed by atoms with van der Waals surface area (Å²) in [4.78, 5) is 24.3. The van der Waals surface area contributed by atoms with Crippen LogP contribution in [0.5, 0.6) is 0 Å². The normalized spacial score (nSPS) is 15.0. The molecule has 0 spiro atoms. The van der Waals surface area contributed by atoms with Crippen LogP contribution < -0.4 is 0 Å². The topological polar surface area (TPSA) is 37.4 Å². The highest BCUT2D eigenvalue weighted by molar-refractivity contribution is 6.02. The fourth-order valence-corrected chi connectivity index (χ4v) is 3.40. The van der Waals surface area contributed by atoms with Crippen LogP contribution in [-0.2, 0) is 9.59 Å². The van der Waals surface area contributed by atoms with Crippen LogP contribution in [-0.4, -0.2) is 23.3 Å². The summed E-state index contributed by atoms with van der Waals surface area (Å²) < 4.78 is 0. The summed E-state index contributed by atoms with van der Waals surface area (Å²) in [5, 5.41) is 0. The molecule has 0 bridgehead atoms. The Bertz CT molecular complexity index is 373. The third-order valence-electron chi connectivity index (χ3n) is 5.08. The Balaban J connectivity index is 1.79. The molecule has 0 aromatic rings. The Morgan fingerprint density at radius 3 is 1.60 bits per heavy atom. The zero-order valence-electron chi connectivity index (χ0n) is 16.4. The van der Waals surface area contributed by atoms with Crippen LogP contribution in [0.15, 0.2) is 12.2 Å². The molecule has 1 saturated heterocycles. The van der Waals surface area contributed by atoms with Crippen molar-refractivity contribution in [1.82, 2.24) is 4.90 Å². The molecule has 1 heterocycles. The van der Waals surface area contributed by atoms with Gasteiger partial charge in [0.2, 0.25) is 11.8 Å². The third-order valence-corrected chi connectivity index (χ3v) is 5.08. The number of unbranched alkanes of at least 4 members (excludes halogenated alkanes) is 13. The van der Waals surface area contributed by atoms with Gasteiger partial charge in [-0.3, -0.25) is 14.5 Å². The second-order valence-electron chi connectivity index (χ2n) is 7.40. The molecule has 0 N–H and O–H groups in total. The fourth-order valence-electron chi connectivity index (χ4n) is 3.40. The van der Waals surface area contributed by atoms with Gasteiger partial charge in [0.25, 0.3) is 0 Å². The molecular formula is C22H39NO2. The molecule has 0 atom stereocenters. The van der Waals surface area contributed by atoms with Crippen molar-refractivity contribution in [3.05, 3.63) is 12.2 Å². The lowest BCUT2D eigenvalue weighted by Crippen LogP contribution is -2.28. The Morgan fingerprint density at radius 1 is 0.680 bits per heavy atom. The van der Waals surface area contributed by atoms with Crippen molar-refractivity contribution in [2.45, 2.75) is 110 Å². The molecule has 0 radical (unpaired) electrons. The number of nitrogens with zero attached hydrogens (tertiary/aromatic N) is 1. The summed E-state index contributed by atoms with van der Waals surface area (Å²) in [5.41, 5.74) is 0. The Morgan fingerprint density at radius 2 is 1.12 bits per heavy atom. The monoisotopic (exact) mass is 349 g/mol. The van der Waals surface area contributed by atoms with Crippen molar-refractivity contribution < 1.29 is 9.59 Å². The summed E-state index contributed by atoms with van der Waals surface area (Å²) in [6, 6.07) is 0. The van der Waals surface area contributed by atoms with Gasteiger partial charge in [0.05, 0.1) is 0 Å². The van der Waals surface area contributed by atoms with Gasteiger partial charge in [0, 0.05) is 19.4 Å². The summed E-state index contributed by atoms with van der Waals surface area (Å²) in [6.45, 7) is 2.74. The second-order valence-corrected chi connectivity index (χ2v) is 7.40. The quantitative estimate of drug-likeness (QED) is 0.190. The van der Waals surface area contributed by atoms with Gasteiger partial charge in [-0.25, -0.2) is 0 Å². The van der Waals surface area contributed by atoms with E-state index in [4.69, 9.17) is 0 Å². The molecule has 25 heavy (non-hydrogen) atoms. The van der Waals surface area contributed by atoms with Gasteiger partial charge in [0.1, 0.15) is 0 Å². The van der Waals surface area contributed by atoms with Crippen LogP contribution in [0.3, 0.4) is 0 Å². The summed E-state index contributed by atoms with van der Waals surface area (Å²) in [6.07, 6.45) is 23.9. The first kappa shape index (κ1) is 21.9. The molecule has 144 valence electrons. The summed E-state index contributed by atoms with van der Waals surface area (Å²) in [7, 11) is 0. The summed E-state index contributed by atoms with van der Waals surface area (Å²) >= 11 is 0. The van der Waals surface area contributed by atoms with Gasteiger partial charge < -0.3 is 0 Å². The van der Waals surface area contributed by atoms with Crippen molar-refractivity contribution in [3.63, 3.8) is 0 Å². The van der Waals surface area contributed by atoms with E-state index in [1.807, 2.05) is 6.08 Å². The lowest BCUT2D eigenvalue weighted by molar-refractivity contribution is -0.137. The molecular weight excluding hydrogens is 310 g/mol. The van der Waals surface area contributed by atoms with Crippen molar-refractivity contribution in [2.75, 3.05) is 6.54 Å². The van der Waals surface area contributed by atoms with Crippen molar-refractivity contribution in [1.29, 1.82) is 0 Å². The number of likely N-dealkylation sites (tertiary alicyclic amines) is 1. The standard InChI is InChI=1S/C22H39NO2/c1-2-3-4-5-6-7-8-9-10-11-12-13-14-15-16-17-20-23-21(24)18-19-22(23)25/h16-17H,2-15,18-20H2,1H3/b17-16+. The van der Waals surface area contributed by atoms with E-state index >= 15 is 0 Å². The number of allylic oxidation sites excluding steroid dienone is 1. The molecule has 3 heteroatoms. The van der Waals surface area contributed by atoms with Gasteiger partial charge in [-0.15, -0.1) is 0 Å².